The van der Waals surface area contributed by atoms with Crippen LogP contribution in [0.2, 0.25) is 0 Å². The fourth-order valence-corrected chi connectivity index (χ4v) is 9.43. The van der Waals surface area contributed by atoms with Gasteiger partial charge < -0.3 is 10.2 Å². The molecule has 0 aliphatic heterocycles. The molecule has 0 aromatic carbocycles. The van der Waals surface area contributed by atoms with Gasteiger partial charge in [0.05, 0.1) is 6.10 Å². The highest BCUT2D eigenvalue weighted by Crippen LogP contribution is 2.69. The van der Waals surface area contributed by atoms with E-state index >= 15 is 0 Å². The molecular formula is C25H42O3. The lowest BCUT2D eigenvalue weighted by Crippen LogP contribution is -2.61. The zero-order valence-corrected chi connectivity index (χ0v) is 18.5. The van der Waals surface area contributed by atoms with Crippen molar-refractivity contribution in [3.63, 3.8) is 0 Å². The lowest BCUT2D eigenvalue weighted by molar-refractivity contribution is -0.194. The van der Waals surface area contributed by atoms with Crippen molar-refractivity contribution < 1.29 is 15.0 Å². The number of fused-ring (bicyclic) bond motifs is 5. The second kappa shape index (κ2) is 7.29. The summed E-state index contributed by atoms with van der Waals surface area (Å²) in [5.74, 6) is 2.93. The zero-order chi connectivity index (χ0) is 20.3. The van der Waals surface area contributed by atoms with Gasteiger partial charge in [0.15, 0.2) is 0 Å². The molecule has 4 saturated carbocycles. The summed E-state index contributed by atoms with van der Waals surface area (Å²) < 4.78 is 0. The second-order valence-electron chi connectivity index (χ2n) is 11.5. The molecule has 10 atom stereocenters. The number of carbonyl (C=O) groups is 1. The number of aliphatic hydroxyl groups excluding tert-OH is 1. The van der Waals surface area contributed by atoms with Gasteiger partial charge in [-0.15, -0.1) is 0 Å². The first-order valence-electron chi connectivity index (χ1n) is 12.1. The smallest absolute Gasteiger partial charge is 0.303 e. The largest absolute Gasteiger partial charge is 0.481 e. The third-order valence-corrected chi connectivity index (χ3v) is 10.6. The summed E-state index contributed by atoms with van der Waals surface area (Å²) in [6, 6.07) is 0. The second-order valence-corrected chi connectivity index (χ2v) is 11.5. The van der Waals surface area contributed by atoms with Crippen LogP contribution in [0.3, 0.4) is 0 Å². The van der Waals surface area contributed by atoms with E-state index in [1.807, 2.05) is 0 Å². The quantitative estimate of drug-likeness (QED) is 0.642. The Bertz CT molecular complexity index is 603. The molecule has 0 spiro atoms. The molecule has 0 radical (unpaired) electrons. The Labute approximate surface area is 171 Å². The summed E-state index contributed by atoms with van der Waals surface area (Å²) in [4.78, 5) is 11.4. The molecule has 4 aliphatic rings. The molecule has 2 N–H and O–H groups in total. The Morgan fingerprint density at radius 3 is 2.39 bits per heavy atom. The Balaban J connectivity index is 1.66. The van der Waals surface area contributed by atoms with E-state index in [2.05, 4.69) is 27.7 Å². The molecule has 4 aliphatic carbocycles. The normalized spacial score (nSPS) is 51.7. The molecule has 0 amide bonds. The molecule has 4 fully saturated rings. The predicted molar refractivity (Wildman–Crippen MR) is 112 cm³/mol. The van der Waals surface area contributed by atoms with Crippen LogP contribution in [0, 0.1) is 52.3 Å². The maximum Gasteiger partial charge on any atom is 0.303 e. The van der Waals surface area contributed by atoms with Crippen molar-refractivity contribution in [3.8, 4) is 0 Å². The molecule has 28 heavy (non-hydrogen) atoms. The predicted octanol–water partition coefficient (Wildman–Crippen LogP) is 5.75. The van der Waals surface area contributed by atoms with Crippen LogP contribution >= 0.6 is 0 Å². The van der Waals surface area contributed by atoms with E-state index in [1.54, 1.807) is 0 Å². The average Bonchev–Trinajstić information content (AvgIpc) is 2.99. The molecule has 4 rings (SSSR count). The van der Waals surface area contributed by atoms with Crippen molar-refractivity contribution in [2.24, 2.45) is 52.3 Å². The number of hydrogen-bond acceptors (Lipinski definition) is 2. The summed E-state index contributed by atoms with van der Waals surface area (Å²) in [6.07, 6.45) is 11.5. The van der Waals surface area contributed by atoms with Crippen molar-refractivity contribution in [2.75, 3.05) is 0 Å². The van der Waals surface area contributed by atoms with Crippen LogP contribution in [0.15, 0.2) is 0 Å². The first-order valence-corrected chi connectivity index (χ1v) is 12.1. The minimum atomic E-state index is -0.658. The van der Waals surface area contributed by atoms with Gasteiger partial charge in [0.2, 0.25) is 0 Å². The third kappa shape index (κ3) is 2.89. The van der Waals surface area contributed by atoms with Gasteiger partial charge in [-0.25, -0.2) is 0 Å². The summed E-state index contributed by atoms with van der Waals surface area (Å²) >= 11 is 0. The van der Waals surface area contributed by atoms with Crippen molar-refractivity contribution in [2.45, 2.75) is 98.0 Å². The molecule has 3 heteroatoms. The topological polar surface area (TPSA) is 57.5 Å². The number of carboxylic acids is 1. The fraction of sp³-hybridized carbons (Fsp3) is 0.960. The van der Waals surface area contributed by atoms with Crippen molar-refractivity contribution in [1.29, 1.82) is 0 Å². The van der Waals surface area contributed by atoms with E-state index < -0.39 is 5.97 Å². The number of carboxylic acid groups (broad SMARTS) is 1. The van der Waals surface area contributed by atoms with Crippen molar-refractivity contribution >= 4 is 5.97 Å². The number of aliphatic carboxylic acids is 1. The standard InChI is InChI=1S/C25H42O3/c1-5-16-18-8-6-7-12-24(18,3)20-11-13-25(4)17(15(2)14-21(26)27)9-10-19(25)22(20)23(16)28/h15-20,22-23,28H,5-14H2,1-4H3,(H,26,27)/t15-,16-,17-,18+,19?,20?,22?,23-,24+,25?/m1/s1. The van der Waals surface area contributed by atoms with Crippen LogP contribution in [-0.4, -0.2) is 22.3 Å². The highest BCUT2D eigenvalue weighted by Gasteiger charge is 2.64. The molecule has 4 unspecified atom stereocenters. The van der Waals surface area contributed by atoms with Gasteiger partial charge >= 0.3 is 5.97 Å². The highest BCUT2D eigenvalue weighted by molar-refractivity contribution is 5.67. The molecule has 0 aromatic heterocycles. The molecule has 0 saturated heterocycles. The maximum absolute atomic E-state index is 11.7. The van der Waals surface area contributed by atoms with Crippen LogP contribution in [0.1, 0.15) is 91.9 Å². The van der Waals surface area contributed by atoms with E-state index in [4.69, 9.17) is 0 Å². The molecule has 3 nitrogen and oxygen atoms in total. The summed E-state index contributed by atoms with van der Waals surface area (Å²) in [5.41, 5.74) is 0.627. The van der Waals surface area contributed by atoms with Crippen LogP contribution < -0.4 is 0 Å². The molecule has 0 bridgehead atoms. The fourth-order valence-electron chi connectivity index (χ4n) is 9.43. The summed E-state index contributed by atoms with van der Waals surface area (Å²) in [5, 5.41) is 21.0. The Morgan fingerprint density at radius 2 is 1.71 bits per heavy atom. The van der Waals surface area contributed by atoms with Crippen LogP contribution in [0.4, 0.5) is 0 Å². The number of rotatable bonds is 4. The zero-order valence-electron chi connectivity index (χ0n) is 18.5. The highest BCUT2D eigenvalue weighted by atomic mass is 16.4. The average molecular weight is 391 g/mol. The molecule has 0 heterocycles. The van der Waals surface area contributed by atoms with E-state index in [0.29, 0.717) is 47.3 Å². The number of hydrogen-bond donors (Lipinski definition) is 2. The van der Waals surface area contributed by atoms with Gasteiger partial charge in [0.1, 0.15) is 0 Å². The van der Waals surface area contributed by atoms with E-state index in [-0.39, 0.29) is 17.4 Å². The lowest BCUT2D eigenvalue weighted by Gasteiger charge is -2.64. The summed E-state index contributed by atoms with van der Waals surface area (Å²) in [7, 11) is 0. The van der Waals surface area contributed by atoms with Gasteiger partial charge in [-0.2, -0.15) is 0 Å². The van der Waals surface area contributed by atoms with E-state index in [9.17, 15) is 15.0 Å². The SMILES string of the molecule is CC[C@H]1[C@@H](O)C2C3CC[C@H]([C@H](C)CC(=O)O)C3(C)CCC2[C@@]2(C)CCCC[C@@H]12. The Kier molecular flexibility index (Phi) is 5.39. The first kappa shape index (κ1) is 20.7. The van der Waals surface area contributed by atoms with Crippen molar-refractivity contribution in [3.05, 3.63) is 0 Å². The minimum absolute atomic E-state index is 0.149. The van der Waals surface area contributed by atoms with Gasteiger partial charge in [0.25, 0.3) is 0 Å². The van der Waals surface area contributed by atoms with Crippen LogP contribution in [0.25, 0.3) is 0 Å². The minimum Gasteiger partial charge on any atom is -0.481 e. The van der Waals surface area contributed by atoms with E-state index in [1.165, 1.54) is 44.9 Å². The monoisotopic (exact) mass is 390 g/mol. The van der Waals surface area contributed by atoms with E-state index in [0.717, 1.165) is 12.8 Å². The summed E-state index contributed by atoms with van der Waals surface area (Å²) in [6.45, 7) is 9.47. The van der Waals surface area contributed by atoms with Crippen LogP contribution in [-0.2, 0) is 4.79 Å². The lowest BCUT2D eigenvalue weighted by atomic mass is 9.41. The Hall–Kier alpha value is -0.570. The molecular weight excluding hydrogens is 348 g/mol. The number of aliphatic hydroxyl groups is 1. The van der Waals surface area contributed by atoms with Gasteiger partial charge in [-0.1, -0.05) is 47.0 Å². The first-order chi connectivity index (χ1) is 13.2. The van der Waals surface area contributed by atoms with Crippen molar-refractivity contribution in [1.82, 2.24) is 0 Å². The Morgan fingerprint density at radius 1 is 1.00 bits per heavy atom. The molecule has 160 valence electrons. The third-order valence-electron chi connectivity index (χ3n) is 10.6. The van der Waals surface area contributed by atoms with Crippen LogP contribution in [0.5, 0.6) is 0 Å². The molecule has 0 aromatic rings. The van der Waals surface area contributed by atoms with Gasteiger partial charge in [0, 0.05) is 6.42 Å². The maximum atomic E-state index is 11.7. The van der Waals surface area contributed by atoms with Gasteiger partial charge in [-0.05, 0) is 90.8 Å². The van der Waals surface area contributed by atoms with Gasteiger partial charge in [-0.3, -0.25) is 4.79 Å².